The number of hydrogen-bond donors (Lipinski definition) is 5. The Morgan fingerprint density at radius 2 is 1.57 bits per heavy atom. The number of aliphatic carboxylic acids is 2. The summed E-state index contributed by atoms with van der Waals surface area (Å²) in [5, 5.41) is 24.4. The third kappa shape index (κ3) is 24.5. The van der Waals surface area contributed by atoms with E-state index >= 15 is 0 Å². The van der Waals surface area contributed by atoms with Gasteiger partial charge in [-0.2, -0.15) is 8.42 Å². The van der Waals surface area contributed by atoms with Crippen molar-refractivity contribution in [2.75, 3.05) is 0 Å². The first-order valence-corrected chi connectivity index (χ1v) is 10.4. The molecule has 0 saturated carbocycles. The maximum Gasteiger partial charge on any atom is 0.394 e. The van der Waals surface area contributed by atoms with Gasteiger partial charge in [-0.1, -0.05) is 20.6 Å². The molecule has 206 valence electrons. The topological polar surface area (TPSA) is 256 Å². The highest BCUT2D eigenvalue weighted by Crippen LogP contribution is 2.10. The number of carboxylic acid groups (broad SMARTS) is 2. The highest BCUT2D eigenvalue weighted by Gasteiger charge is 2.24. The summed E-state index contributed by atoms with van der Waals surface area (Å²) < 4.78 is 45.0. The van der Waals surface area contributed by atoms with Crippen LogP contribution in [0.1, 0.15) is 36.6 Å². The number of ether oxygens (including phenoxy) is 1. The van der Waals surface area contributed by atoms with Crippen LogP contribution >= 0.6 is 0 Å². The summed E-state index contributed by atoms with van der Waals surface area (Å²) in [7, 11) is -4.67. The zero-order valence-electron chi connectivity index (χ0n) is 18.3. The van der Waals surface area contributed by atoms with Gasteiger partial charge >= 0.3 is 34.3 Å². The number of aldehydes is 1. The van der Waals surface area contributed by atoms with Crippen LogP contribution in [0.2, 0.25) is 0 Å². The molecule has 16 heteroatoms. The van der Waals surface area contributed by atoms with E-state index in [0.717, 1.165) is 0 Å². The van der Waals surface area contributed by atoms with Crippen molar-refractivity contribution in [2.45, 2.75) is 26.9 Å². The molecule has 0 radical (unpaired) electrons. The summed E-state index contributed by atoms with van der Waals surface area (Å²) in [5.41, 5.74) is -0.0579. The number of aliphatic hydroxyl groups is 1. The standard InChI is InChI=1S/C5H6O4.C5H4O3.C5H6O2.C5H4O2.CH4.H2O4S/c1-3(5(8)9)2-4(6)7;1-3-2-4(6)8-5(3)7;2*6-4-5-2-1-3-7-5;;1-5(2,3)4/h1-2H2,(H,6,7)(H,8,9);1-2H2;1-3,6H,4H2;1-4H;1H4;(H2,1,2,3,4). The fourth-order valence-corrected chi connectivity index (χ4v) is 1.48. The van der Waals surface area contributed by atoms with Crippen molar-refractivity contribution in [2.24, 2.45) is 0 Å². The van der Waals surface area contributed by atoms with Gasteiger partial charge in [-0.25, -0.2) is 9.59 Å². The van der Waals surface area contributed by atoms with Crippen LogP contribution in [-0.4, -0.2) is 63.0 Å². The Hall–Kier alpha value is -4.38. The Morgan fingerprint density at radius 1 is 1.05 bits per heavy atom. The van der Waals surface area contributed by atoms with E-state index in [-0.39, 0.29) is 31.6 Å². The average Bonchev–Trinajstić information content (AvgIpc) is 3.51. The van der Waals surface area contributed by atoms with Crippen LogP contribution in [0.4, 0.5) is 0 Å². The van der Waals surface area contributed by atoms with E-state index in [1.165, 1.54) is 12.5 Å². The molecule has 1 saturated heterocycles. The van der Waals surface area contributed by atoms with Gasteiger partial charge in [0.2, 0.25) is 0 Å². The molecule has 2 aromatic rings. The SMILES string of the molecule is C.C=C(CC(=O)O)C(=O)O.C=C1CC(=O)OC1=O.O=Cc1ccco1.O=S(=O)(O)O.OCc1ccco1. The quantitative estimate of drug-likeness (QED) is 0.117. The van der Waals surface area contributed by atoms with Crippen LogP contribution in [0.25, 0.3) is 0 Å². The molecular formula is C21H26O15S. The lowest BCUT2D eigenvalue weighted by atomic mass is 10.2. The third-order valence-corrected chi connectivity index (χ3v) is 2.92. The Labute approximate surface area is 210 Å². The summed E-state index contributed by atoms with van der Waals surface area (Å²) in [6.07, 6.45) is 3.21. The maximum atomic E-state index is 10.2. The van der Waals surface area contributed by atoms with Gasteiger partial charge < -0.3 is 28.9 Å². The molecule has 0 unspecified atom stereocenters. The van der Waals surface area contributed by atoms with Crippen LogP contribution in [0.5, 0.6) is 0 Å². The second-order valence-electron chi connectivity index (χ2n) is 5.84. The minimum absolute atomic E-state index is 0. The van der Waals surface area contributed by atoms with E-state index in [1.54, 1.807) is 24.3 Å². The third-order valence-electron chi connectivity index (χ3n) is 2.92. The number of furan rings is 2. The lowest BCUT2D eigenvalue weighted by Gasteiger charge is -1.91. The largest absolute Gasteiger partial charge is 0.481 e. The Morgan fingerprint density at radius 3 is 1.73 bits per heavy atom. The number of rotatable bonds is 5. The van der Waals surface area contributed by atoms with E-state index in [0.29, 0.717) is 17.8 Å². The minimum Gasteiger partial charge on any atom is -0.481 e. The molecule has 0 spiro atoms. The molecule has 3 rings (SSSR count). The summed E-state index contributed by atoms with van der Waals surface area (Å²) >= 11 is 0. The molecule has 0 bridgehead atoms. The van der Waals surface area contributed by atoms with Crippen LogP contribution in [0.15, 0.2) is 69.9 Å². The number of carbonyl (C=O) groups excluding carboxylic acids is 3. The van der Waals surface area contributed by atoms with Gasteiger partial charge in [0, 0.05) is 11.1 Å². The number of carbonyl (C=O) groups is 5. The van der Waals surface area contributed by atoms with Gasteiger partial charge in [0.25, 0.3) is 0 Å². The molecule has 3 heterocycles. The second kappa shape index (κ2) is 19.9. The molecule has 37 heavy (non-hydrogen) atoms. The van der Waals surface area contributed by atoms with E-state index in [9.17, 15) is 24.0 Å². The molecule has 15 nitrogen and oxygen atoms in total. The van der Waals surface area contributed by atoms with E-state index in [1.807, 2.05) is 0 Å². The van der Waals surface area contributed by atoms with Crippen molar-refractivity contribution in [3.63, 3.8) is 0 Å². The number of cyclic esters (lactones) is 2. The van der Waals surface area contributed by atoms with Gasteiger partial charge in [0.15, 0.2) is 12.0 Å². The fraction of sp³-hybridized carbons (Fsp3) is 0.190. The first kappa shape index (κ1) is 37.2. The van der Waals surface area contributed by atoms with Gasteiger partial charge in [0.05, 0.1) is 25.4 Å². The van der Waals surface area contributed by atoms with Crippen LogP contribution < -0.4 is 0 Å². The average molecular weight is 550 g/mol. The lowest BCUT2D eigenvalue weighted by Crippen LogP contribution is -2.04. The van der Waals surface area contributed by atoms with E-state index in [4.69, 9.17) is 37.3 Å². The number of esters is 2. The van der Waals surface area contributed by atoms with Crippen molar-refractivity contribution >= 4 is 40.6 Å². The Bertz CT molecular complexity index is 1080. The predicted molar refractivity (Wildman–Crippen MR) is 124 cm³/mol. The van der Waals surface area contributed by atoms with Gasteiger partial charge in [-0.15, -0.1) is 0 Å². The molecular weight excluding hydrogens is 524 g/mol. The monoisotopic (exact) mass is 550 g/mol. The van der Waals surface area contributed by atoms with Crippen molar-refractivity contribution in [1.29, 1.82) is 0 Å². The van der Waals surface area contributed by atoms with Crippen molar-refractivity contribution in [1.82, 2.24) is 0 Å². The molecule has 0 atom stereocenters. The second-order valence-corrected chi connectivity index (χ2v) is 6.74. The number of aliphatic hydroxyl groups excluding tert-OH is 1. The Kier molecular flexibility index (Phi) is 20.0. The van der Waals surface area contributed by atoms with Crippen LogP contribution in [-0.2, 0) is 40.9 Å². The smallest absolute Gasteiger partial charge is 0.394 e. The van der Waals surface area contributed by atoms with Crippen LogP contribution in [0.3, 0.4) is 0 Å². The summed E-state index contributed by atoms with van der Waals surface area (Å²) in [4.78, 5) is 49.8. The highest BCUT2D eigenvalue weighted by molar-refractivity contribution is 7.79. The molecule has 0 aromatic carbocycles. The minimum atomic E-state index is -4.67. The first-order valence-electron chi connectivity index (χ1n) is 8.98. The van der Waals surface area contributed by atoms with Gasteiger partial charge in [-0.05, 0) is 24.3 Å². The predicted octanol–water partition coefficient (Wildman–Crippen LogP) is 1.97. The normalized spacial score (nSPS) is 11.2. The van der Waals surface area contributed by atoms with Crippen molar-refractivity contribution in [3.05, 3.63) is 72.6 Å². The first-order chi connectivity index (χ1) is 16.6. The Balaban J connectivity index is -0.000000392. The molecule has 5 N–H and O–H groups in total. The molecule has 1 fully saturated rings. The van der Waals surface area contributed by atoms with Gasteiger partial charge in [0.1, 0.15) is 12.4 Å². The summed E-state index contributed by atoms with van der Waals surface area (Å²) in [6, 6.07) is 6.74. The van der Waals surface area contributed by atoms with Crippen molar-refractivity contribution in [3.8, 4) is 0 Å². The van der Waals surface area contributed by atoms with E-state index in [2.05, 4.69) is 22.3 Å². The highest BCUT2D eigenvalue weighted by atomic mass is 32.3. The molecule has 0 amide bonds. The molecule has 2 aromatic heterocycles. The zero-order valence-corrected chi connectivity index (χ0v) is 19.1. The van der Waals surface area contributed by atoms with Crippen LogP contribution in [0, 0.1) is 0 Å². The number of hydrogen-bond acceptors (Lipinski definition) is 11. The maximum absolute atomic E-state index is 10.2. The summed E-state index contributed by atoms with van der Waals surface area (Å²) in [5.74, 6) is -2.55. The lowest BCUT2D eigenvalue weighted by molar-refractivity contribution is -0.151. The van der Waals surface area contributed by atoms with Crippen molar-refractivity contribution < 1.29 is 70.4 Å². The zero-order chi connectivity index (χ0) is 28.3. The number of carboxylic acids is 2. The van der Waals surface area contributed by atoms with Gasteiger partial charge in [-0.3, -0.25) is 23.5 Å². The molecule has 1 aliphatic rings. The molecule has 1 aliphatic heterocycles. The van der Waals surface area contributed by atoms with E-state index < -0.39 is 40.7 Å². The fourth-order valence-electron chi connectivity index (χ4n) is 1.48. The molecule has 0 aliphatic carbocycles. The summed E-state index contributed by atoms with van der Waals surface area (Å²) in [6.45, 7) is 6.30.